The van der Waals surface area contributed by atoms with E-state index in [9.17, 15) is 4.79 Å². The summed E-state index contributed by atoms with van der Waals surface area (Å²) in [5, 5.41) is 0. The Labute approximate surface area is 109 Å². The van der Waals surface area contributed by atoms with Crippen LogP contribution in [-0.2, 0) is 0 Å². The molecule has 2 rings (SSSR count). The van der Waals surface area contributed by atoms with Crippen LogP contribution in [0.1, 0.15) is 35.4 Å². The van der Waals surface area contributed by atoms with Gasteiger partial charge in [0.15, 0.2) is 5.78 Å². The Hall–Kier alpha value is -0.190. The maximum Gasteiger partial charge on any atom is 0.186 e. The molecule has 0 unspecified atom stereocenters. The van der Waals surface area contributed by atoms with Gasteiger partial charge in [0.05, 0.1) is 15.2 Å². The van der Waals surface area contributed by atoms with Gasteiger partial charge in [-0.1, -0.05) is 12.8 Å². The van der Waals surface area contributed by atoms with Crippen molar-refractivity contribution in [2.45, 2.75) is 25.7 Å². The second-order valence-corrected chi connectivity index (χ2v) is 6.68. The zero-order valence-electron chi connectivity index (χ0n) is 9.25. The Morgan fingerprint density at radius 1 is 1.25 bits per heavy atom. The van der Waals surface area contributed by atoms with Crippen LogP contribution in [0.25, 0.3) is 0 Å². The fourth-order valence-corrected chi connectivity index (χ4v) is 3.36. The molecule has 0 saturated carbocycles. The van der Waals surface area contributed by atoms with E-state index in [4.69, 9.17) is 0 Å². The number of hydrogen-bond acceptors (Lipinski definition) is 3. The zero-order chi connectivity index (χ0) is 11.4. The third kappa shape index (κ3) is 3.40. The highest BCUT2D eigenvalue weighted by molar-refractivity contribution is 9.11. The largest absolute Gasteiger partial charge is 0.296 e. The fraction of sp³-hybridized carbons (Fsp3) is 0.583. The third-order valence-corrected chi connectivity index (χ3v) is 4.58. The van der Waals surface area contributed by atoms with Crippen LogP contribution in [-0.4, -0.2) is 30.3 Å². The molecule has 88 valence electrons. The van der Waals surface area contributed by atoms with Gasteiger partial charge in [-0.05, 0) is 54.0 Å². The Kier molecular flexibility index (Phi) is 4.55. The predicted octanol–water partition coefficient (Wildman–Crippen LogP) is 3.57. The number of hydrogen-bond donors (Lipinski definition) is 0. The molecule has 0 atom stereocenters. The van der Waals surface area contributed by atoms with E-state index < -0.39 is 0 Å². The first-order chi connectivity index (χ1) is 7.75. The maximum atomic E-state index is 12.0. The van der Waals surface area contributed by atoms with Crippen molar-refractivity contribution >= 4 is 33.0 Å². The lowest BCUT2D eigenvalue weighted by atomic mass is 10.2. The standard InChI is InChI=1S/C12H16BrNOS/c13-12-6-5-11(16-12)10(15)9-14-7-3-1-2-4-8-14/h5-6H,1-4,7-9H2. The van der Waals surface area contributed by atoms with Crippen molar-refractivity contribution in [1.29, 1.82) is 0 Å². The molecule has 0 N–H and O–H groups in total. The highest BCUT2D eigenvalue weighted by Gasteiger charge is 2.15. The summed E-state index contributed by atoms with van der Waals surface area (Å²) in [6.45, 7) is 2.75. The molecule has 16 heavy (non-hydrogen) atoms. The summed E-state index contributed by atoms with van der Waals surface area (Å²) in [6, 6.07) is 3.86. The molecular weight excluding hydrogens is 286 g/mol. The highest BCUT2D eigenvalue weighted by Crippen LogP contribution is 2.22. The van der Waals surface area contributed by atoms with E-state index in [0.717, 1.165) is 21.8 Å². The first kappa shape index (κ1) is 12.3. The minimum atomic E-state index is 0.262. The minimum absolute atomic E-state index is 0.262. The lowest BCUT2D eigenvalue weighted by Crippen LogP contribution is -2.30. The number of ketones is 1. The predicted molar refractivity (Wildman–Crippen MR) is 71.3 cm³/mol. The normalized spacial score (nSPS) is 18.3. The molecule has 0 aliphatic carbocycles. The number of halogens is 1. The first-order valence-corrected chi connectivity index (χ1v) is 7.37. The Morgan fingerprint density at radius 2 is 1.94 bits per heavy atom. The van der Waals surface area contributed by atoms with Crippen LogP contribution in [0.2, 0.25) is 0 Å². The molecule has 4 heteroatoms. The van der Waals surface area contributed by atoms with Crippen molar-refractivity contribution < 1.29 is 4.79 Å². The molecule has 0 amide bonds. The molecule has 1 aliphatic heterocycles. The molecular formula is C12H16BrNOS. The minimum Gasteiger partial charge on any atom is -0.296 e. The lowest BCUT2D eigenvalue weighted by Gasteiger charge is -2.17. The second kappa shape index (κ2) is 5.94. The van der Waals surface area contributed by atoms with Crippen LogP contribution >= 0.6 is 27.3 Å². The Balaban J connectivity index is 1.90. The zero-order valence-corrected chi connectivity index (χ0v) is 11.6. The molecule has 1 aromatic rings. The lowest BCUT2D eigenvalue weighted by molar-refractivity contribution is 0.0937. The summed E-state index contributed by atoms with van der Waals surface area (Å²) in [6.07, 6.45) is 5.10. The first-order valence-electron chi connectivity index (χ1n) is 5.76. The molecule has 2 heterocycles. The van der Waals surface area contributed by atoms with Crippen LogP contribution in [0, 0.1) is 0 Å². The van der Waals surface area contributed by atoms with Crippen molar-refractivity contribution in [3.8, 4) is 0 Å². The van der Waals surface area contributed by atoms with Gasteiger partial charge in [0.1, 0.15) is 0 Å². The molecule has 0 aromatic carbocycles. The summed E-state index contributed by atoms with van der Waals surface area (Å²) in [7, 11) is 0. The van der Waals surface area contributed by atoms with E-state index in [2.05, 4.69) is 20.8 Å². The number of thiophene rings is 1. The van der Waals surface area contributed by atoms with Crippen molar-refractivity contribution in [3.63, 3.8) is 0 Å². The summed E-state index contributed by atoms with van der Waals surface area (Å²) < 4.78 is 1.03. The molecule has 1 aromatic heterocycles. The smallest absolute Gasteiger partial charge is 0.186 e. The topological polar surface area (TPSA) is 20.3 Å². The summed E-state index contributed by atoms with van der Waals surface area (Å²) >= 11 is 4.92. The summed E-state index contributed by atoms with van der Waals surface area (Å²) in [5.74, 6) is 0.262. The summed E-state index contributed by atoms with van der Waals surface area (Å²) in [4.78, 5) is 15.2. The van der Waals surface area contributed by atoms with Gasteiger partial charge in [-0.2, -0.15) is 0 Å². The van der Waals surface area contributed by atoms with Crippen molar-refractivity contribution in [3.05, 3.63) is 20.8 Å². The maximum absolute atomic E-state index is 12.0. The van der Waals surface area contributed by atoms with E-state index in [1.807, 2.05) is 12.1 Å². The van der Waals surface area contributed by atoms with Crippen LogP contribution in [0.4, 0.5) is 0 Å². The van der Waals surface area contributed by atoms with Crippen molar-refractivity contribution in [2.75, 3.05) is 19.6 Å². The number of Topliss-reactive ketones (excluding diaryl/α,β-unsaturated/α-hetero) is 1. The van der Waals surface area contributed by atoms with Crippen LogP contribution in [0.5, 0.6) is 0 Å². The van der Waals surface area contributed by atoms with E-state index in [1.54, 1.807) is 0 Å². The second-order valence-electron chi connectivity index (χ2n) is 4.22. The number of rotatable bonds is 3. The van der Waals surface area contributed by atoms with E-state index in [-0.39, 0.29) is 5.78 Å². The number of carbonyl (C=O) groups is 1. The molecule has 1 aliphatic rings. The molecule has 1 fully saturated rings. The highest BCUT2D eigenvalue weighted by atomic mass is 79.9. The SMILES string of the molecule is O=C(CN1CCCCCC1)c1ccc(Br)s1. The van der Waals surface area contributed by atoms with E-state index in [0.29, 0.717) is 6.54 Å². The van der Waals surface area contributed by atoms with Crippen LogP contribution < -0.4 is 0 Å². The number of carbonyl (C=O) groups excluding carboxylic acids is 1. The monoisotopic (exact) mass is 301 g/mol. The average molecular weight is 302 g/mol. The number of likely N-dealkylation sites (tertiary alicyclic amines) is 1. The molecule has 0 spiro atoms. The van der Waals surface area contributed by atoms with Crippen molar-refractivity contribution in [1.82, 2.24) is 4.90 Å². The number of nitrogens with zero attached hydrogens (tertiary/aromatic N) is 1. The van der Waals surface area contributed by atoms with E-state index in [1.165, 1.54) is 37.0 Å². The van der Waals surface area contributed by atoms with Gasteiger partial charge in [-0.3, -0.25) is 9.69 Å². The third-order valence-electron chi connectivity index (χ3n) is 2.91. The van der Waals surface area contributed by atoms with Crippen LogP contribution in [0.15, 0.2) is 15.9 Å². The van der Waals surface area contributed by atoms with Gasteiger partial charge in [-0.15, -0.1) is 11.3 Å². The summed E-state index contributed by atoms with van der Waals surface area (Å²) in [5.41, 5.74) is 0. The Morgan fingerprint density at radius 3 is 2.50 bits per heavy atom. The van der Waals surface area contributed by atoms with Gasteiger partial charge >= 0.3 is 0 Å². The molecule has 0 bridgehead atoms. The fourth-order valence-electron chi connectivity index (χ4n) is 2.04. The van der Waals surface area contributed by atoms with Gasteiger partial charge in [-0.25, -0.2) is 0 Å². The molecule has 0 radical (unpaired) electrons. The van der Waals surface area contributed by atoms with Gasteiger partial charge < -0.3 is 0 Å². The van der Waals surface area contributed by atoms with Gasteiger partial charge in [0.25, 0.3) is 0 Å². The van der Waals surface area contributed by atoms with Crippen LogP contribution in [0.3, 0.4) is 0 Å². The van der Waals surface area contributed by atoms with Gasteiger partial charge in [0.2, 0.25) is 0 Å². The molecule has 2 nitrogen and oxygen atoms in total. The van der Waals surface area contributed by atoms with Crippen molar-refractivity contribution in [2.24, 2.45) is 0 Å². The quantitative estimate of drug-likeness (QED) is 0.796. The molecule has 1 saturated heterocycles. The van der Waals surface area contributed by atoms with Gasteiger partial charge in [0, 0.05) is 0 Å². The Bertz CT molecular complexity index is 356. The average Bonchev–Trinajstić information content (AvgIpc) is 2.54. The van der Waals surface area contributed by atoms with E-state index >= 15 is 0 Å².